The Balaban J connectivity index is 2.56. The molecule has 2 aromatic carbocycles. The average Bonchev–Trinajstić information content (AvgIpc) is 2.45. The number of halogens is 1. The molecular formula is C15H16ClNO3. The van der Waals surface area contributed by atoms with Crippen molar-refractivity contribution in [2.75, 3.05) is 20.0 Å². The predicted molar refractivity (Wildman–Crippen MR) is 79.5 cm³/mol. The van der Waals surface area contributed by atoms with Gasteiger partial charge in [0.2, 0.25) is 0 Å². The molecule has 1 unspecified atom stereocenters. The van der Waals surface area contributed by atoms with Crippen LogP contribution in [0.15, 0.2) is 36.4 Å². The maximum Gasteiger partial charge on any atom is 0.166 e. The van der Waals surface area contributed by atoms with Crippen molar-refractivity contribution < 1.29 is 14.6 Å². The standard InChI is InChI=1S/C15H16ClNO3/c1-19-12-8-3-5-9(15(12)20-2)14(18)13-10(16)6-4-7-11(13)17/h3-8,14,18H,17H2,1-2H3. The monoisotopic (exact) mass is 293 g/mol. The van der Waals surface area contributed by atoms with Crippen molar-refractivity contribution in [1.82, 2.24) is 0 Å². The number of hydrogen-bond donors (Lipinski definition) is 2. The molecule has 0 aliphatic carbocycles. The molecule has 0 aromatic heterocycles. The van der Waals surface area contributed by atoms with Crippen molar-refractivity contribution in [2.45, 2.75) is 6.10 Å². The van der Waals surface area contributed by atoms with Gasteiger partial charge in [-0.2, -0.15) is 0 Å². The predicted octanol–water partition coefficient (Wildman–Crippen LogP) is 3.02. The quantitative estimate of drug-likeness (QED) is 0.851. The summed E-state index contributed by atoms with van der Waals surface area (Å²) in [6.45, 7) is 0. The van der Waals surface area contributed by atoms with Crippen molar-refractivity contribution in [3.63, 3.8) is 0 Å². The number of nitrogen functional groups attached to an aromatic ring is 1. The van der Waals surface area contributed by atoms with E-state index in [1.165, 1.54) is 14.2 Å². The maximum atomic E-state index is 10.6. The number of anilines is 1. The molecule has 0 saturated carbocycles. The van der Waals surface area contributed by atoms with Crippen LogP contribution in [0.2, 0.25) is 5.02 Å². The van der Waals surface area contributed by atoms with Gasteiger partial charge in [-0.05, 0) is 18.2 Å². The van der Waals surface area contributed by atoms with Gasteiger partial charge in [0.25, 0.3) is 0 Å². The maximum absolute atomic E-state index is 10.6. The fourth-order valence-corrected chi connectivity index (χ4v) is 2.41. The molecule has 0 radical (unpaired) electrons. The lowest BCUT2D eigenvalue weighted by Gasteiger charge is -2.19. The molecule has 0 heterocycles. The summed E-state index contributed by atoms with van der Waals surface area (Å²) in [7, 11) is 3.06. The molecule has 0 aliphatic rings. The Morgan fingerprint density at radius 1 is 1.10 bits per heavy atom. The van der Waals surface area contributed by atoms with Crippen LogP contribution in [0.1, 0.15) is 17.2 Å². The first kappa shape index (κ1) is 14.5. The van der Waals surface area contributed by atoms with E-state index in [9.17, 15) is 5.11 Å². The second-order valence-electron chi connectivity index (χ2n) is 4.23. The Morgan fingerprint density at radius 2 is 1.80 bits per heavy atom. The Morgan fingerprint density at radius 3 is 2.40 bits per heavy atom. The summed E-state index contributed by atoms with van der Waals surface area (Å²) in [5.74, 6) is 0.997. The van der Waals surface area contributed by atoms with Crippen LogP contribution >= 0.6 is 11.6 Å². The van der Waals surface area contributed by atoms with Crippen LogP contribution in [-0.4, -0.2) is 19.3 Å². The van der Waals surface area contributed by atoms with Gasteiger partial charge in [0.05, 0.1) is 14.2 Å². The van der Waals surface area contributed by atoms with Crippen LogP contribution in [0.3, 0.4) is 0 Å². The van der Waals surface area contributed by atoms with Gasteiger partial charge >= 0.3 is 0 Å². The Labute approximate surface area is 122 Å². The van der Waals surface area contributed by atoms with Gasteiger partial charge in [-0.1, -0.05) is 29.8 Å². The molecule has 2 rings (SSSR count). The lowest BCUT2D eigenvalue weighted by atomic mass is 9.98. The molecular weight excluding hydrogens is 278 g/mol. The summed E-state index contributed by atoms with van der Waals surface area (Å²) in [5.41, 5.74) is 7.34. The van der Waals surface area contributed by atoms with E-state index in [0.29, 0.717) is 33.3 Å². The van der Waals surface area contributed by atoms with Crippen LogP contribution in [-0.2, 0) is 0 Å². The van der Waals surface area contributed by atoms with E-state index in [-0.39, 0.29) is 0 Å². The molecule has 3 N–H and O–H groups in total. The van der Waals surface area contributed by atoms with E-state index in [1.807, 2.05) is 0 Å². The molecule has 20 heavy (non-hydrogen) atoms. The number of benzene rings is 2. The van der Waals surface area contributed by atoms with Gasteiger partial charge in [-0.15, -0.1) is 0 Å². The summed E-state index contributed by atoms with van der Waals surface area (Å²) in [6.07, 6.45) is -0.992. The average molecular weight is 294 g/mol. The lowest BCUT2D eigenvalue weighted by molar-refractivity contribution is 0.214. The molecule has 0 amide bonds. The molecule has 1 atom stereocenters. The highest BCUT2D eigenvalue weighted by atomic mass is 35.5. The number of para-hydroxylation sites is 1. The van der Waals surface area contributed by atoms with Crippen molar-refractivity contribution in [3.8, 4) is 11.5 Å². The minimum atomic E-state index is -0.992. The van der Waals surface area contributed by atoms with Crippen LogP contribution in [0, 0.1) is 0 Å². The number of rotatable bonds is 4. The van der Waals surface area contributed by atoms with E-state index >= 15 is 0 Å². The third kappa shape index (κ3) is 2.53. The van der Waals surface area contributed by atoms with Crippen molar-refractivity contribution in [2.24, 2.45) is 0 Å². The molecule has 5 heteroatoms. The molecule has 0 saturated heterocycles. The summed E-state index contributed by atoms with van der Waals surface area (Å²) in [4.78, 5) is 0. The summed E-state index contributed by atoms with van der Waals surface area (Å²) < 4.78 is 10.5. The first-order valence-corrected chi connectivity index (χ1v) is 6.40. The highest BCUT2D eigenvalue weighted by Crippen LogP contribution is 2.40. The highest BCUT2D eigenvalue weighted by molar-refractivity contribution is 6.31. The third-order valence-corrected chi connectivity index (χ3v) is 3.42. The van der Waals surface area contributed by atoms with Crippen molar-refractivity contribution in [1.29, 1.82) is 0 Å². The number of aliphatic hydroxyl groups is 1. The topological polar surface area (TPSA) is 64.7 Å². The van der Waals surface area contributed by atoms with E-state index in [2.05, 4.69) is 0 Å². The SMILES string of the molecule is COc1cccc(C(O)c2c(N)cccc2Cl)c1OC. The second-order valence-corrected chi connectivity index (χ2v) is 4.64. The highest BCUT2D eigenvalue weighted by Gasteiger charge is 2.22. The van der Waals surface area contributed by atoms with Gasteiger partial charge in [-0.25, -0.2) is 0 Å². The molecule has 2 aromatic rings. The Hall–Kier alpha value is -1.91. The van der Waals surface area contributed by atoms with E-state index in [1.54, 1.807) is 36.4 Å². The Bertz CT molecular complexity index is 596. The summed E-state index contributed by atoms with van der Waals surface area (Å²) in [5, 5.41) is 11.0. The van der Waals surface area contributed by atoms with Gasteiger partial charge in [-0.3, -0.25) is 0 Å². The zero-order valence-corrected chi connectivity index (χ0v) is 12.0. The normalized spacial score (nSPS) is 12.0. The molecule has 0 spiro atoms. The number of methoxy groups -OCH3 is 2. The fraction of sp³-hybridized carbons (Fsp3) is 0.200. The molecule has 0 fully saturated rings. The molecule has 0 aliphatic heterocycles. The molecule has 106 valence electrons. The van der Waals surface area contributed by atoms with Gasteiger partial charge in [0, 0.05) is 21.8 Å². The smallest absolute Gasteiger partial charge is 0.166 e. The minimum Gasteiger partial charge on any atom is -0.493 e. The largest absolute Gasteiger partial charge is 0.493 e. The zero-order chi connectivity index (χ0) is 14.7. The van der Waals surface area contributed by atoms with Crippen LogP contribution < -0.4 is 15.2 Å². The van der Waals surface area contributed by atoms with Gasteiger partial charge in [0.1, 0.15) is 6.10 Å². The van der Waals surface area contributed by atoms with E-state index < -0.39 is 6.10 Å². The van der Waals surface area contributed by atoms with Crippen LogP contribution in [0.4, 0.5) is 5.69 Å². The van der Waals surface area contributed by atoms with Crippen molar-refractivity contribution >= 4 is 17.3 Å². The molecule has 0 bridgehead atoms. The number of nitrogens with two attached hydrogens (primary N) is 1. The van der Waals surface area contributed by atoms with Crippen LogP contribution in [0.25, 0.3) is 0 Å². The first-order valence-electron chi connectivity index (χ1n) is 6.03. The number of ether oxygens (including phenoxy) is 2. The number of hydrogen-bond acceptors (Lipinski definition) is 4. The summed E-state index contributed by atoms with van der Waals surface area (Å²) in [6, 6.07) is 10.4. The van der Waals surface area contributed by atoms with Gasteiger partial charge in [0.15, 0.2) is 11.5 Å². The van der Waals surface area contributed by atoms with Crippen molar-refractivity contribution in [3.05, 3.63) is 52.5 Å². The second kappa shape index (κ2) is 6.03. The lowest BCUT2D eigenvalue weighted by Crippen LogP contribution is -2.07. The van der Waals surface area contributed by atoms with Gasteiger partial charge < -0.3 is 20.3 Å². The summed E-state index contributed by atoms with van der Waals surface area (Å²) >= 11 is 6.13. The van der Waals surface area contributed by atoms with E-state index in [0.717, 1.165) is 0 Å². The Kier molecular flexibility index (Phi) is 4.37. The van der Waals surface area contributed by atoms with Crippen LogP contribution in [0.5, 0.6) is 11.5 Å². The number of aliphatic hydroxyl groups excluding tert-OH is 1. The fourth-order valence-electron chi connectivity index (χ4n) is 2.13. The zero-order valence-electron chi connectivity index (χ0n) is 11.3. The minimum absolute atomic E-state index is 0.405. The third-order valence-electron chi connectivity index (χ3n) is 3.09. The van der Waals surface area contributed by atoms with E-state index in [4.69, 9.17) is 26.8 Å². The first-order chi connectivity index (χ1) is 9.60. The molecule has 4 nitrogen and oxygen atoms in total.